The highest BCUT2D eigenvalue weighted by Gasteiger charge is 2.10. The van der Waals surface area contributed by atoms with Crippen LogP contribution in [0.4, 0.5) is 5.69 Å². The third-order valence-corrected chi connectivity index (χ3v) is 2.63. The molecule has 1 aromatic carbocycles. The quantitative estimate of drug-likeness (QED) is 0.684. The van der Waals surface area contributed by atoms with Gasteiger partial charge in [-0.15, -0.1) is 0 Å². The molecule has 104 valence electrons. The maximum Gasteiger partial charge on any atom is 0.338 e. The lowest BCUT2D eigenvalue weighted by molar-refractivity contribution is 0.0526. The lowest BCUT2D eigenvalue weighted by atomic mass is 10.2. The van der Waals surface area contributed by atoms with E-state index in [1.54, 1.807) is 31.3 Å². The highest BCUT2D eigenvalue weighted by atomic mass is 16.5. The van der Waals surface area contributed by atoms with Crippen LogP contribution in [0.1, 0.15) is 23.0 Å². The molecule has 0 bridgehead atoms. The average molecular weight is 272 g/mol. The molecule has 0 saturated heterocycles. The van der Waals surface area contributed by atoms with Crippen LogP contribution in [0.2, 0.25) is 0 Å². The Morgan fingerprint density at radius 3 is 2.70 bits per heavy atom. The summed E-state index contributed by atoms with van der Waals surface area (Å²) in [6.45, 7) is 3.97. The van der Waals surface area contributed by atoms with Crippen molar-refractivity contribution in [3.05, 3.63) is 47.8 Å². The van der Waals surface area contributed by atoms with E-state index >= 15 is 0 Å². The molecule has 0 aliphatic rings. The Kier molecular flexibility index (Phi) is 4.20. The molecule has 0 amide bonds. The second kappa shape index (κ2) is 6.06. The number of pyridine rings is 1. The minimum Gasteiger partial charge on any atom is -0.462 e. The number of ether oxygens (including phenoxy) is 2. The van der Waals surface area contributed by atoms with Crippen molar-refractivity contribution in [3.63, 3.8) is 0 Å². The first-order valence-electron chi connectivity index (χ1n) is 6.27. The van der Waals surface area contributed by atoms with E-state index in [9.17, 15) is 4.79 Å². The van der Waals surface area contributed by atoms with E-state index in [4.69, 9.17) is 15.2 Å². The fraction of sp³-hybridized carbons (Fsp3) is 0.200. The van der Waals surface area contributed by atoms with Crippen LogP contribution in [0.3, 0.4) is 0 Å². The molecule has 0 fully saturated rings. The van der Waals surface area contributed by atoms with Gasteiger partial charge in [0.2, 0.25) is 0 Å². The molecular weight excluding hydrogens is 256 g/mol. The predicted octanol–water partition coefficient (Wildman–Crippen LogP) is 2.94. The maximum absolute atomic E-state index is 11.6. The third-order valence-electron chi connectivity index (χ3n) is 2.63. The van der Waals surface area contributed by atoms with Gasteiger partial charge in [0.25, 0.3) is 0 Å². The first-order valence-corrected chi connectivity index (χ1v) is 6.27. The molecule has 2 N–H and O–H groups in total. The van der Waals surface area contributed by atoms with Gasteiger partial charge in [-0.1, -0.05) is 0 Å². The summed E-state index contributed by atoms with van der Waals surface area (Å²) in [6.07, 6.45) is 1.62. The van der Waals surface area contributed by atoms with Gasteiger partial charge in [0.15, 0.2) is 0 Å². The van der Waals surface area contributed by atoms with Gasteiger partial charge in [0.05, 0.1) is 24.1 Å². The zero-order valence-electron chi connectivity index (χ0n) is 11.4. The molecule has 0 saturated carbocycles. The van der Waals surface area contributed by atoms with Gasteiger partial charge in [-0.05, 0) is 44.2 Å². The number of rotatable bonds is 4. The van der Waals surface area contributed by atoms with Crippen LogP contribution in [-0.2, 0) is 4.74 Å². The summed E-state index contributed by atoms with van der Waals surface area (Å²) in [7, 11) is 0. The first kappa shape index (κ1) is 13.9. The smallest absolute Gasteiger partial charge is 0.338 e. The predicted molar refractivity (Wildman–Crippen MR) is 75.9 cm³/mol. The van der Waals surface area contributed by atoms with Gasteiger partial charge in [-0.25, -0.2) is 4.79 Å². The van der Waals surface area contributed by atoms with Gasteiger partial charge in [0.1, 0.15) is 11.5 Å². The minimum atomic E-state index is -0.400. The van der Waals surface area contributed by atoms with Gasteiger partial charge < -0.3 is 15.2 Å². The Balaban J connectivity index is 2.17. The molecular formula is C15H16N2O3. The molecule has 5 heteroatoms. The lowest BCUT2D eigenvalue weighted by Crippen LogP contribution is -2.05. The van der Waals surface area contributed by atoms with E-state index < -0.39 is 5.97 Å². The Bertz CT molecular complexity index is 609. The van der Waals surface area contributed by atoms with E-state index in [-0.39, 0.29) is 0 Å². The van der Waals surface area contributed by atoms with Crippen LogP contribution in [0.5, 0.6) is 11.5 Å². The zero-order valence-corrected chi connectivity index (χ0v) is 11.4. The molecule has 0 atom stereocenters. The van der Waals surface area contributed by atoms with Crippen LogP contribution in [0, 0.1) is 6.92 Å². The largest absolute Gasteiger partial charge is 0.462 e. The number of nitrogens with two attached hydrogens (primary N) is 1. The number of aryl methyl sites for hydroxylation is 1. The number of aromatic nitrogens is 1. The van der Waals surface area contributed by atoms with Crippen molar-refractivity contribution in [2.24, 2.45) is 0 Å². The van der Waals surface area contributed by atoms with Gasteiger partial charge in [-0.3, -0.25) is 4.98 Å². The number of esters is 1. The van der Waals surface area contributed by atoms with Crippen LogP contribution >= 0.6 is 0 Å². The summed E-state index contributed by atoms with van der Waals surface area (Å²) >= 11 is 0. The van der Waals surface area contributed by atoms with E-state index in [1.165, 1.54) is 6.07 Å². The number of hydrogen-bond acceptors (Lipinski definition) is 5. The van der Waals surface area contributed by atoms with Gasteiger partial charge in [-0.2, -0.15) is 0 Å². The Hall–Kier alpha value is -2.56. The van der Waals surface area contributed by atoms with Crippen molar-refractivity contribution in [3.8, 4) is 11.5 Å². The molecule has 1 heterocycles. The minimum absolute atomic E-state index is 0.325. The molecule has 20 heavy (non-hydrogen) atoms. The first-order chi connectivity index (χ1) is 9.60. The van der Waals surface area contributed by atoms with E-state index in [1.807, 2.05) is 13.0 Å². The van der Waals surface area contributed by atoms with Gasteiger partial charge in [0, 0.05) is 5.69 Å². The summed E-state index contributed by atoms with van der Waals surface area (Å²) in [4.78, 5) is 15.7. The SMILES string of the molecule is CCOC(=O)c1ccc(Oc2ccc(C)nc2)c(N)c1. The monoisotopic (exact) mass is 272 g/mol. The normalized spacial score (nSPS) is 10.1. The standard InChI is InChI=1S/C15H16N2O3/c1-3-19-15(18)11-5-7-14(13(16)8-11)20-12-6-4-10(2)17-9-12/h4-9H,3,16H2,1-2H3. The van der Waals surface area contributed by atoms with Gasteiger partial charge >= 0.3 is 5.97 Å². The number of benzene rings is 1. The molecule has 0 aliphatic heterocycles. The van der Waals surface area contributed by atoms with Crippen molar-refractivity contribution < 1.29 is 14.3 Å². The number of carbonyl (C=O) groups is 1. The zero-order chi connectivity index (χ0) is 14.5. The number of anilines is 1. The van der Waals surface area contributed by atoms with Crippen molar-refractivity contribution in [2.45, 2.75) is 13.8 Å². The van der Waals surface area contributed by atoms with Crippen LogP contribution in [0.15, 0.2) is 36.5 Å². The van der Waals surface area contributed by atoms with Crippen LogP contribution < -0.4 is 10.5 Å². The molecule has 1 aromatic heterocycles. The molecule has 0 unspecified atom stereocenters. The Morgan fingerprint density at radius 1 is 1.30 bits per heavy atom. The second-order valence-corrected chi connectivity index (χ2v) is 4.21. The van der Waals surface area contributed by atoms with Crippen molar-refractivity contribution in [1.82, 2.24) is 4.98 Å². The Morgan fingerprint density at radius 2 is 2.10 bits per heavy atom. The van der Waals surface area contributed by atoms with E-state index in [2.05, 4.69) is 4.98 Å². The highest BCUT2D eigenvalue weighted by molar-refractivity contribution is 5.91. The highest BCUT2D eigenvalue weighted by Crippen LogP contribution is 2.28. The topological polar surface area (TPSA) is 74.4 Å². The summed E-state index contributed by atoms with van der Waals surface area (Å²) in [5, 5.41) is 0. The maximum atomic E-state index is 11.6. The number of nitrogens with zero attached hydrogens (tertiary/aromatic N) is 1. The van der Waals surface area contributed by atoms with Crippen LogP contribution in [-0.4, -0.2) is 17.6 Å². The molecule has 0 spiro atoms. The average Bonchev–Trinajstić information content (AvgIpc) is 2.43. The number of nitrogen functional groups attached to an aromatic ring is 1. The van der Waals surface area contributed by atoms with Crippen LogP contribution in [0.25, 0.3) is 0 Å². The van der Waals surface area contributed by atoms with E-state index in [0.717, 1.165) is 5.69 Å². The second-order valence-electron chi connectivity index (χ2n) is 4.21. The lowest BCUT2D eigenvalue weighted by Gasteiger charge is -2.09. The van der Waals surface area contributed by atoms with Crippen molar-refractivity contribution in [1.29, 1.82) is 0 Å². The Labute approximate surface area is 117 Å². The molecule has 0 radical (unpaired) electrons. The molecule has 0 aliphatic carbocycles. The summed E-state index contributed by atoms with van der Waals surface area (Å²) in [5.41, 5.74) is 7.56. The fourth-order valence-corrected chi connectivity index (χ4v) is 1.62. The molecule has 5 nitrogen and oxygen atoms in total. The molecule has 2 aromatic rings. The molecule has 2 rings (SSSR count). The fourth-order valence-electron chi connectivity index (χ4n) is 1.62. The summed E-state index contributed by atoms with van der Waals surface area (Å²) in [5.74, 6) is 0.664. The summed E-state index contributed by atoms with van der Waals surface area (Å²) in [6, 6.07) is 8.45. The number of carbonyl (C=O) groups excluding carboxylic acids is 1. The van der Waals surface area contributed by atoms with Crippen molar-refractivity contribution >= 4 is 11.7 Å². The number of hydrogen-bond donors (Lipinski definition) is 1. The summed E-state index contributed by atoms with van der Waals surface area (Å²) < 4.78 is 10.5. The third kappa shape index (κ3) is 3.26. The van der Waals surface area contributed by atoms with Crippen molar-refractivity contribution in [2.75, 3.05) is 12.3 Å². The van der Waals surface area contributed by atoms with E-state index in [0.29, 0.717) is 29.4 Å².